The molecule has 1 amide bonds. The van der Waals surface area contributed by atoms with Crippen molar-refractivity contribution in [2.45, 2.75) is 32.1 Å². The fourth-order valence-electron chi connectivity index (χ4n) is 5.06. The van der Waals surface area contributed by atoms with Gasteiger partial charge >= 0.3 is 0 Å². The summed E-state index contributed by atoms with van der Waals surface area (Å²) in [5.41, 5.74) is 2.97. The van der Waals surface area contributed by atoms with E-state index in [4.69, 9.17) is 15.1 Å². The van der Waals surface area contributed by atoms with Gasteiger partial charge in [0.15, 0.2) is 5.65 Å². The van der Waals surface area contributed by atoms with Crippen LogP contribution in [-0.2, 0) is 11.2 Å². The molecule has 0 unspecified atom stereocenters. The van der Waals surface area contributed by atoms with Crippen molar-refractivity contribution in [3.63, 3.8) is 0 Å². The molecule has 2 aliphatic rings. The van der Waals surface area contributed by atoms with E-state index >= 15 is 0 Å². The molecule has 7 nitrogen and oxygen atoms in total. The third-order valence-corrected chi connectivity index (χ3v) is 7.22. The molecule has 178 valence electrons. The summed E-state index contributed by atoms with van der Waals surface area (Å²) in [6, 6.07) is 20.5. The molecule has 0 radical (unpaired) electrons. The Balaban J connectivity index is 1.36. The van der Waals surface area contributed by atoms with Gasteiger partial charge in [0.25, 0.3) is 0 Å². The molecule has 0 N–H and O–H groups in total. The first-order valence-electron chi connectivity index (χ1n) is 12.6. The number of rotatable bonds is 5. The van der Waals surface area contributed by atoms with Gasteiger partial charge in [0.2, 0.25) is 5.91 Å². The standard InChI is InChI=1S/C28H30N6O/c35-28(22-11-7-12-22)33-16-8-15-32(17-18-33)26-24-20-29-34(23-13-5-2-6-14-23)27(24)31-25(30-26)19-21-9-3-1-4-10-21/h1-6,9-10,13-14,20,22H,7-8,11-12,15-19H2. The zero-order valence-electron chi connectivity index (χ0n) is 19.9. The summed E-state index contributed by atoms with van der Waals surface area (Å²) in [6.45, 7) is 3.19. The van der Waals surface area contributed by atoms with Crippen molar-refractivity contribution in [2.75, 3.05) is 31.1 Å². The lowest BCUT2D eigenvalue weighted by Gasteiger charge is -2.31. The zero-order valence-corrected chi connectivity index (χ0v) is 19.9. The maximum absolute atomic E-state index is 12.9. The average molecular weight is 467 g/mol. The van der Waals surface area contributed by atoms with Crippen molar-refractivity contribution < 1.29 is 4.79 Å². The summed E-state index contributed by atoms with van der Waals surface area (Å²) in [4.78, 5) is 27.3. The van der Waals surface area contributed by atoms with Crippen LogP contribution in [0.4, 0.5) is 5.82 Å². The zero-order chi connectivity index (χ0) is 23.6. The fourth-order valence-corrected chi connectivity index (χ4v) is 5.06. The highest BCUT2D eigenvalue weighted by Crippen LogP contribution is 2.30. The first-order chi connectivity index (χ1) is 17.3. The van der Waals surface area contributed by atoms with Crippen LogP contribution in [0.1, 0.15) is 37.1 Å². The Morgan fingerprint density at radius 2 is 1.63 bits per heavy atom. The molecule has 0 bridgehead atoms. The van der Waals surface area contributed by atoms with Gasteiger partial charge in [-0.05, 0) is 37.0 Å². The number of aromatic nitrogens is 4. The van der Waals surface area contributed by atoms with Crippen molar-refractivity contribution in [3.8, 4) is 5.69 Å². The highest BCUT2D eigenvalue weighted by atomic mass is 16.2. The number of amides is 1. The molecule has 0 spiro atoms. The summed E-state index contributed by atoms with van der Waals surface area (Å²) >= 11 is 0. The average Bonchev–Trinajstić information content (AvgIpc) is 3.12. The quantitative estimate of drug-likeness (QED) is 0.440. The molecule has 6 rings (SSSR count). The second kappa shape index (κ2) is 9.49. The van der Waals surface area contributed by atoms with Gasteiger partial charge in [-0.3, -0.25) is 4.79 Å². The molecule has 7 heteroatoms. The molecule has 2 aromatic heterocycles. The minimum Gasteiger partial charge on any atom is -0.354 e. The van der Waals surface area contributed by atoms with Crippen LogP contribution in [0.3, 0.4) is 0 Å². The second-order valence-corrected chi connectivity index (χ2v) is 9.55. The Bertz CT molecular complexity index is 1320. The molecule has 35 heavy (non-hydrogen) atoms. The van der Waals surface area contributed by atoms with E-state index in [1.807, 2.05) is 59.4 Å². The highest BCUT2D eigenvalue weighted by Gasteiger charge is 2.31. The normalized spacial score (nSPS) is 16.8. The molecule has 2 aromatic carbocycles. The van der Waals surface area contributed by atoms with Crippen molar-refractivity contribution in [3.05, 3.63) is 78.2 Å². The summed E-state index contributed by atoms with van der Waals surface area (Å²) < 4.78 is 1.90. The largest absolute Gasteiger partial charge is 0.354 e. The van der Waals surface area contributed by atoms with Crippen LogP contribution in [0, 0.1) is 5.92 Å². The summed E-state index contributed by atoms with van der Waals surface area (Å²) in [5.74, 6) is 2.28. The summed E-state index contributed by atoms with van der Waals surface area (Å²) in [7, 11) is 0. The molecule has 1 saturated carbocycles. The van der Waals surface area contributed by atoms with Crippen LogP contribution in [0.25, 0.3) is 16.7 Å². The number of hydrogen-bond acceptors (Lipinski definition) is 5. The van der Waals surface area contributed by atoms with Gasteiger partial charge in [0, 0.05) is 38.5 Å². The van der Waals surface area contributed by atoms with Gasteiger partial charge in [0.1, 0.15) is 11.6 Å². The van der Waals surface area contributed by atoms with E-state index in [9.17, 15) is 4.79 Å². The highest BCUT2D eigenvalue weighted by molar-refractivity contribution is 5.88. The number of carbonyl (C=O) groups excluding carboxylic acids is 1. The van der Waals surface area contributed by atoms with Gasteiger partial charge in [-0.1, -0.05) is 55.0 Å². The SMILES string of the molecule is O=C(C1CCC1)N1CCCN(c2nc(Cc3ccccc3)nc3c2cnn3-c2ccccc2)CC1. The van der Waals surface area contributed by atoms with Crippen LogP contribution in [0.2, 0.25) is 0 Å². The lowest BCUT2D eigenvalue weighted by Crippen LogP contribution is -2.41. The van der Waals surface area contributed by atoms with E-state index in [0.29, 0.717) is 12.3 Å². The van der Waals surface area contributed by atoms with Gasteiger partial charge in [-0.25, -0.2) is 14.6 Å². The first-order valence-corrected chi connectivity index (χ1v) is 12.6. The summed E-state index contributed by atoms with van der Waals surface area (Å²) in [5, 5.41) is 5.65. The van der Waals surface area contributed by atoms with Gasteiger partial charge in [-0.15, -0.1) is 0 Å². The molecule has 1 aliphatic carbocycles. The number of benzene rings is 2. The van der Waals surface area contributed by atoms with Crippen molar-refractivity contribution in [1.82, 2.24) is 24.6 Å². The molecular formula is C28H30N6O. The maximum atomic E-state index is 12.9. The maximum Gasteiger partial charge on any atom is 0.225 e. The Labute approximate surface area is 205 Å². The number of nitrogens with zero attached hydrogens (tertiary/aromatic N) is 6. The predicted molar refractivity (Wildman–Crippen MR) is 137 cm³/mol. The molecule has 2 fully saturated rings. The topological polar surface area (TPSA) is 67.2 Å². The Morgan fingerprint density at radius 3 is 2.37 bits per heavy atom. The van der Waals surface area contributed by atoms with Gasteiger partial charge < -0.3 is 9.80 Å². The summed E-state index contributed by atoms with van der Waals surface area (Å²) in [6.07, 6.45) is 6.76. The van der Waals surface area contributed by atoms with E-state index in [1.54, 1.807) is 0 Å². The van der Waals surface area contributed by atoms with Gasteiger partial charge in [0.05, 0.1) is 17.3 Å². The Hall–Kier alpha value is -3.74. The Morgan fingerprint density at radius 1 is 0.857 bits per heavy atom. The Kier molecular flexibility index (Phi) is 5.90. The van der Waals surface area contributed by atoms with Crippen LogP contribution < -0.4 is 4.90 Å². The molecule has 1 aliphatic heterocycles. The molecule has 4 aromatic rings. The van der Waals surface area contributed by atoms with E-state index in [2.05, 4.69) is 21.9 Å². The number of fused-ring (bicyclic) bond motifs is 1. The second-order valence-electron chi connectivity index (χ2n) is 9.55. The van der Waals surface area contributed by atoms with Crippen LogP contribution in [0.15, 0.2) is 66.9 Å². The third-order valence-electron chi connectivity index (χ3n) is 7.22. The van der Waals surface area contributed by atoms with Crippen molar-refractivity contribution >= 4 is 22.8 Å². The van der Waals surface area contributed by atoms with E-state index < -0.39 is 0 Å². The molecule has 3 heterocycles. The lowest BCUT2D eigenvalue weighted by molar-refractivity contribution is -0.137. The van der Waals surface area contributed by atoms with Crippen molar-refractivity contribution in [1.29, 1.82) is 0 Å². The van der Waals surface area contributed by atoms with E-state index in [0.717, 1.165) is 73.8 Å². The van der Waals surface area contributed by atoms with E-state index in [1.165, 1.54) is 12.0 Å². The number of carbonyl (C=O) groups is 1. The lowest BCUT2D eigenvalue weighted by atomic mass is 9.84. The minimum absolute atomic E-state index is 0.244. The van der Waals surface area contributed by atoms with Gasteiger partial charge in [-0.2, -0.15) is 5.10 Å². The monoisotopic (exact) mass is 466 g/mol. The van der Waals surface area contributed by atoms with Crippen LogP contribution in [-0.4, -0.2) is 56.7 Å². The third kappa shape index (κ3) is 4.38. The molecule has 0 atom stereocenters. The molecular weight excluding hydrogens is 436 g/mol. The molecule has 1 saturated heterocycles. The number of hydrogen-bond donors (Lipinski definition) is 0. The smallest absolute Gasteiger partial charge is 0.225 e. The van der Waals surface area contributed by atoms with Crippen molar-refractivity contribution in [2.24, 2.45) is 5.92 Å². The first kappa shape index (κ1) is 21.8. The predicted octanol–water partition coefficient (Wildman–Crippen LogP) is 4.25. The van der Waals surface area contributed by atoms with Crippen LogP contribution in [0.5, 0.6) is 0 Å². The van der Waals surface area contributed by atoms with Crippen LogP contribution >= 0.6 is 0 Å². The number of para-hydroxylation sites is 1. The van der Waals surface area contributed by atoms with E-state index in [-0.39, 0.29) is 5.92 Å². The minimum atomic E-state index is 0.244. The number of anilines is 1. The fraction of sp³-hybridized carbons (Fsp3) is 0.357.